The van der Waals surface area contributed by atoms with Crippen LogP contribution in [0.2, 0.25) is 0 Å². The Morgan fingerprint density at radius 3 is 2.34 bits per heavy atom. The minimum Gasteiger partial charge on any atom is -0.481 e. The Morgan fingerprint density at radius 1 is 0.936 bits per heavy atom. The maximum Gasteiger partial charge on any atom is 0.433 e. The Bertz CT molecular complexity index is 1890. The lowest BCUT2D eigenvalue weighted by Gasteiger charge is -2.27. The molecule has 2 aromatic heterocycles. The van der Waals surface area contributed by atoms with Gasteiger partial charge < -0.3 is 20.1 Å². The molecule has 0 saturated carbocycles. The van der Waals surface area contributed by atoms with Gasteiger partial charge in [-0.3, -0.25) is 4.98 Å². The number of urea groups is 1. The fraction of sp³-hybridized carbons (Fsp3) is 0.273. The van der Waals surface area contributed by atoms with Crippen molar-refractivity contribution in [2.75, 3.05) is 7.11 Å². The van der Waals surface area contributed by atoms with E-state index in [1.807, 2.05) is 0 Å². The van der Waals surface area contributed by atoms with E-state index in [1.165, 1.54) is 42.5 Å². The molecular weight excluding hydrogens is 630 g/mol. The molecule has 8 nitrogen and oxygen atoms in total. The first-order valence-electron chi connectivity index (χ1n) is 14.4. The van der Waals surface area contributed by atoms with Crippen molar-refractivity contribution in [1.82, 2.24) is 20.2 Å². The molecule has 0 radical (unpaired) electrons. The van der Waals surface area contributed by atoms with Gasteiger partial charge in [0.2, 0.25) is 5.88 Å². The van der Waals surface area contributed by atoms with Crippen molar-refractivity contribution < 1.29 is 45.8 Å². The SMILES string of the molecule is COc1ncc(-c2ccc(C(=O)O)cc2C)cc1-c1ccc(C(F)(F)F)cc1[C@@H]1CC[C@H]2C(c3ccnc(C(F)(F)F)c3)NC(=O)N12. The molecule has 0 aliphatic carbocycles. The zero-order valence-corrected chi connectivity index (χ0v) is 24.8. The fourth-order valence-electron chi connectivity index (χ4n) is 6.50. The number of aromatic nitrogens is 2. The van der Waals surface area contributed by atoms with Crippen LogP contribution in [-0.2, 0) is 12.4 Å². The molecule has 4 heterocycles. The molecule has 3 atom stereocenters. The van der Waals surface area contributed by atoms with Gasteiger partial charge in [0.15, 0.2) is 0 Å². The van der Waals surface area contributed by atoms with Crippen LogP contribution in [0, 0.1) is 6.92 Å². The number of rotatable bonds is 6. The van der Waals surface area contributed by atoms with Crippen LogP contribution in [0.4, 0.5) is 31.1 Å². The van der Waals surface area contributed by atoms with E-state index in [4.69, 9.17) is 4.74 Å². The lowest BCUT2D eigenvalue weighted by Crippen LogP contribution is -2.32. The zero-order valence-electron chi connectivity index (χ0n) is 24.8. The van der Waals surface area contributed by atoms with E-state index >= 15 is 0 Å². The van der Waals surface area contributed by atoms with Crippen LogP contribution in [0.1, 0.15) is 63.2 Å². The molecule has 2 saturated heterocycles. The largest absolute Gasteiger partial charge is 0.481 e. The Kier molecular flexibility index (Phi) is 7.84. The molecule has 2 fully saturated rings. The fourth-order valence-corrected chi connectivity index (χ4v) is 6.50. The minimum atomic E-state index is -4.71. The lowest BCUT2D eigenvalue weighted by atomic mass is 9.90. The number of nitrogens with zero attached hydrogens (tertiary/aromatic N) is 3. The summed E-state index contributed by atoms with van der Waals surface area (Å²) in [6.45, 7) is 1.72. The second kappa shape index (κ2) is 11.6. The Hall–Kier alpha value is -5.14. The highest BCUT2D eigenvalue weighted by Gasteiger charge is 2.49. The number of methoxy groups -OCH3 is 1. The summed E-state index contributed by atoms with van der Waals surface area (Å²) in [5, 5.41) is 12.1. The van der Waals surface area contributed by atoms with E-state index in [9.17, 15) is 41.0 Å². The van der Waals surface area contributed by atoms with Crippen LogP contribution in [0.3, 0.4) is 0 Å². The number of halogens is 6. The van der Waals surface area contributed by atoms with Crippen LogP contribution in [0.15, 0.2) is 67.0 Å². The van der Waals surface area contributed by atoms with Crippen molar-refractivity contribution in [3.05, 3.63) is 101 Å². The van der Waals surface area contributed by atoms with Crippen LogP contribution in [-0.4, -0.2) is 45.1 Å². The molecule has 2 N–H and O–H groups in total. The molecular formula is C33H26F6N4O4. The Labute approximate surface area is 264 Å². The summed E-state index contributed by atoms with van der Waals surface area (Å²) in [6.07, 6.45) is -6.36. The average molecular weight is 657 g/mol. The molecule has 6 rings (SSSR count). The molecule has 2 amide bonds. The van der Waals surface area contributed by atoms with E-state index in [2.05, 4.69) is 15.3 Å². The van der Waals surface area contributed by atoms with Crippen molar-refractivity contribution in [3.63, 3.8) is 0 Å². The number of carbonyl (C=O) groups excluding carboxylic acids is 1. The normalized spacial score (nSPS) is 19.4. The predicted octanol–water partition coefficient (Wildman–Crippen LogP) is 7.83. The number of nitrogens with one attached hydrogen (secondary N) is 1. The maximum absolute atomic E-state index is 14.0. The van der Waals surface area contributed by atoms with Gasteiger partial charge in [0, 0.05) is 23.5 Å². The summed E-state index contributed by atoms with van der Waals surface area (Å²) in [5.74, 6) is -1.00. The number of hydrogen-bond donors (Lipinski definition) is 2. The number of carbonyl (C=O) groups is 2. The zero-order chi connectivity index (χ0) is 33.8. The highest BCUT2D eigenvalue weighted by molar-refractivity contribution is 5.89. The Morgan fingerprint density at radius 2 is 1.68 bits per heavy atom. The first-order chi connectivity index (χ1) is 22.2. The van der Waals surface area contributed by atoms with Crippen LogP contribution < -0.4 is 10.1 Å². The van der Waals surface area contributed by atoms with Crippen molar-refractivity contribution >= 4 is 12.0 Å². The van der Waals surface area contributed by atoms with Gasteiger partial charge in [-0.05, 0) is 90.0 Å². The first-order valence-corrected chi connectivity index (χ1v) is 14.4. The number of carboxylic acids is 1. The smallest absolute Gasteiger partial charge is 0.433 e. The summed E-state index contributed by atoms with van der Waals surface area (Å²) < 4.78 is 87.9. The summed E-state index contributed by atoms with van der Waals surface area (Å²) in [5.41, 5.74) is 0.817. The summed E-state index contributed by atoms with van der Waals surface area (Å²) in [6, 6.07) is 8.68. The Balaban J connectivity index is 1.45. The molecule has 2 aliphatic rings. The quantitative estimate of drug-likeness (QED) is 0.205. The van der Waals surface area contributed by atoms with Crippen molar-refractivity contribution in [1.29, 1.82) is 0 Å². The molecule has 4 aromatic rings. The number of hydrogen-bond acceptors (Lipinski definition) is 5. The molecule has 47 heavy (non-hydrogen) atoms. The predicted molar refractivity (Wildman–Crippen MR) is 156 cm³/mol. The number of benzene rings is 2. The van der Waals surface area contributed by atoms with E-state index < -0.39 is 53.7 Å². The van der Waals surface area contributed by atoms with E-state index in [1.54, 1.807) is 19.1 Å². The van der Waals surface area contributed by atoms with Gasteiger partial charge in [-0.25, -0.2) is 14.6 Å². The maximum atomic E-state index is 14.0. The third-order valence-electron chi connectivity index (χ3n) is 8.62. The first kappa shape index (κ1) is 31.8. The molecule has 0 spiro atoms. The average Bonchev–Trinajstić information content (AvgIpc) is 3.60. The van der Waals surface area contributed by atoms with Gasteiger partial charge in [-0.15, -0.1) is 0 Å². The number of alkyl halides is 6. The second-order valence-electron chi connectivity index (χ2n) is 11.4. The standard InChI is InChI=1S/C33H26F6N4O4/c1-16-11-18(30(44)45)3-5-21(16)19-12-24(29(47-2)41-15-19)22-6-4-20(32(34,35)36)14-23(22)25-7-8-26-28(42-31(46)43(25)26)17-9-10-40-27(13-17)33(37,38)39/h3-6,9-15,25-26,28H,7-8H2,1-2H3,(H,42,46)(H,44,45)/t25-,26-,28?/m0/s1. The lowest BCUT2D eigenvalue weighted by molar-refractivity contribution is -0.141. The number of ether oxygens (including phenoxy) is 1. The van der Waals surface area contributed by atoms with E-state index in [0.717, 1.165) is 24.4 Å². The summed E-state index contributed by atoms with van der Waals surface area (Å²) in [4.78, 5) is 34.0. The number of aromatic carboxylic acids is 1. The van der Waals surface area contributed by atoms with Gasteiger partial charge in [-0.2, -0.15) is 26.3 Å². The topological polar surface area (TPSA) is 105 Å². The van der Waals surface area contributed by atoms with Crippen molar-refractivity contribution in [2.45, 2.75) is 50.2 Å². The van der Waals surface area contributed by atoms with E-state index in [0.29, 0.717) is 34.2 Å². The van der Waals surface area contributed by atoms with Crippen LogP contribution in [0.5, 0.6) is 5.88 Å². The molecule has 1 unspecified atom stereocenters. The molecule has 14 heteroatoms. The highest BCUT2D eigenvalue weighted by Crippen LogP contribution is 2.49. The molecule has 244 valence electrons. The van der Waals surface area contributed by atoms with Crippen molar-refractivity contribution in [3.8, 4) is 28.1 Å². The number of aryl methyl sites for hydroxylation is 1. The van der Waals surface area contributed by atoms with Crippen LogP contribution >= 0.6 is 0 Å². The van der Waals surface area contributed by atoms with Gasteiger partial charge in [0.05, 0.1) is 36.4 Å². The van der Waals surface area contributed by atoms with Gasteiger partial charge in [0.1, 0.15) is 5.69 Å². The van der Waals surface area contributed by atoms with Crippen molar-refractivity contribution in [2.24, 2.45) is 0 Å². The summed E-state index contributed by atoms with van der Waals surface area (Å²) in [7, 11) is 1.36. The van der Waals surface area contributed by atoms with Gasteiger partial charge >= 0.3 is 24.4 Å². The molecule has 0 bridgehead atoms. The van der Waals surface area contributed by atoms with Gasteiger partial charge in [0.25, 0.3) is 0 Å². The van der Waals surface area contributed by atoms with Gasteiger partial charge in [-0.1, -0.05) is 12.1 Å². The molecule has 2 aliphatic heterocycles. The minimum absolute atomic E-state index is 0.0809. The van der Waals surface area contributed by atoms with Crippen LogP contribution in [0.25, 0.3) is 22.3 Å². The number of amides is 2. The summed E-state index contributed by atoms with van der Waals surface area (Å²) >= 11 is 0. The second-order valence-corrected chi connectivity index (χ2v) is 11.4. The third-order valence-corrected chi connectivity index (χ3v) is 8.62. The third kappa shape index (κ3) is 5.83. The monoisotopic (exact) mass is 656 g/mol. The van der Waals surface area contributed by atoms with E-state index in [-0.39, 0.29) is 29.0 Å². The number of fused-ring (bicyclic) bond motifs is 1. The molecule has 2 aromatic carbocycles. The number of pyridine rings is 2. The highest BCUT2D eigenvalue weighted by atomic mass is 19.4. The number of carboxylic acid groups (broad SMARTS) is 1.